The number of aldehydes is 1. The van der Waals surface area contributed by atoms with Crippen LogP contribution in [0.15, 0.2) is 34.0 Å². The van der Waals surface area contributed by atoms with Crippen LogP contribution < -0.4 is 0 Å². The summed E-state index contributed by atoms with van der Waals surface area (Å²) >= 11 is 2.91. The Bertz CT molecular complexity index is 676. The van der Waals surface area contributed by atoms with Gasteiger partial charge in [-0.05, 0) is 6.07 Å². The minimum Gasteiger partial charge on any atom is -0.341 e. The number of rotatable bonds is 3. The molecule has 84 valence electrons. The molecule has 3 rings (SSSR count). The average molecular weight is 262 g/mol. The fourth-order valence-electron chi connectivity index (χ4n) is 1.38. The van der Waals surface area contributed by atoms with E-state index in [9.17, 15) is 4.79 Å². The van der Waals surface area contributed by atoms with E-state index in [-0.39, 0.29) is 0 Å². The van der Waals surface area contributed by atoms with E-state index >= 15 is 0 Å². The number of fused-ring (bicyclic) bond motifs is 1. The first kappa shape index (κ1) is 10.4. The van der Waals surface area contributed by atoms with Crippen LogP contribution in [0.3, 0.4) is 0 Å². The van der Waals surface area contributed by atoms with E-state index < -0.39 is 0 Å². The summed E-state index contributed by atoms with van der Waals surface area (Å²) < 4.78 is 0. The molecule has 3 heterocycles. The van der Waals surface area contributed by atoms with Crippen LogP contribution in [0.4, 0.5) is 0 Å². The summed E-state index contributed by atoms with van der Waals surface area (Å²) in [5.41, 5.74) is 1.46. The maximum Gasteiger partial charge on any atom is 0.181 e. The SMILES string of the molecule is O=Cc1cc(Sc2ncnc3nc[nH]c23)cs1. The van der Waals surface area contributed by atoms with Crippen molar-refractivity contribution in [2.24, 2.45) is 0 Å². The summed E-state index contributed by atoms with van der Waals surface area (Å²) in [5.74, 6) is 0. The number of thiophene rings is 1. The molecule has 0 atom stereocenters. The number of aromatic amines is 1. The molecule has 0 aromatic carbocycles. The lowest BCUT2D eigenvalue weighted by Gasteiger charge is -1.97. The van der Waals surface area contributed by atoms with Crippen molar-refractivity contribution in [3.63, 3.8) is 0 Å². The Labute approximate surface area is 104 Å². The highest BCUT2D eigenvalue weighted by molar-refractivity contribution is 7.99. The number of H-pyrrole nitrogens is 1. The Morgan fingerprint density at radius 1 is 1.35 bits per heavy atom. The third-order valence-corrected chi connectivity index (χ3v) is 4.10. The van der Waals surface area contributed by atoms with Gasteiger partial charge in [-0.1, -0.05) is 11.8 Å². The summed E-state index contributed by atoms with van der Waals surface area (Å²) in [6, 6.07) is 1.84. The molecule has 0 unspecified atom stereocenters. The topological polar surface area (TPSA) is 71.5 Å². The number of imidazole rings is 1. The zero-order valence-corrected chi connectivity index (χ0v) is 10.1. The van der Waals surface area contributed by atoms with Crippen LogP contribution in [-0.4, -0.2) is 26.2 Å². The van der Waals surface area contributed by atoms with Crippen molar-refractivity contribution in [2.75, 3.05) is 0 Å². The standard InChI is InChI=1S/C10H6N4OS2/c15-2-6-1-7(3-16-6)17-10-8-9(12-4-11-8)13-5-14-10/h1-5H,(H,11,12,13,14). The lowest BCUT2D eigenvalue weighted by Crippen LogP contribution is -1.85. The Kier molecular flexibility index (Phi) is 2.62. The van der Waals surface area contributed by atoms with Crippen molar-refractivity contribution in [2.45, 2.75) is 9.92 Å². The maximum atomic E-state index is 10.6. The Morgan fingerprint density at radius 3 is 3.12 bits per heavy atom. The second kappa shape index (κ2) is 4.27. The summed E-state index contributed by atoms with van der Waals surface area (Å²) in [5, 5.41) is 2.74. The van der Waals surface area contributed by atoms with Gasteiger partial charge in [-0.2, -0.15) is 0 Å². The molecule has 0 saturated carbocycles. The fraction of sp³-hybridized carbons (Fsp3) is 0. The third-order valence-electron chi connectivity index (χ3n) is 2.11. The minimum absolute atomic E-state index is 0.647. The van der Waals surface area contributed by atoms with Crippen LogP contribution in [0.2, 0.25) is 0 Å². The molecule has 0 spiro atoms. The van der Waals surface area contributed by atoms with Crippen LogP contribution >= 0.6 is 23.1 Å². The lowest BCUT2D eigenvalue weighted by molar-refractivity contribution is 0.112. The van der Waals surface area contributed by atoms with Crippen LogP contribution in [0.25, 0.3) is 11.2 Å². The van der Waals surface area contributed by atoms with Gasteiger partial charge < -0.3 is 4.98 Å². The predicted octanol–water partition coefficient (Wildman–Crippen LogP) is 2.38. The molecule has 5 nitrogen and oxygen atoms in total. The van der Waals surface area contributed by atoms with Crippen molar-refractivity contribution in [3.05, 3.63) is 29.0 Å². The Balaban J connectivity index is 1.99. The molecule has 0 saturated heterocycles. The first-order chi connectivity index (χ1) is 8.36. The van der Waals surface area contributed by atoms with Crippen molar-refractivity contribution in [1.82, 2.24) is 19.9 Å². The van der Waals surface area contributed by atoms with Gasteiger partial charge in [0.25, 0.3) is 0 Å². The maximum absolute atomic E-state index is 10.6. The van der Waals surface area contributed by atoms with Crippen molar-refractivity contribution in [1.29, 1.82) is 0 Å². The zero-order chi connectivity index (χ0) is 11.7. The molecule has 17 heavy (non-hydrogen) atoms. The van der Waals surface area contributed by atoms with E-state index in [1.165, 1.54) is 29.4 Å². The molecule has 0 amide bonds. The molecule has 0 aliphatic carbocycles. The largest absolute Gasteiger partial charge is 0.341 e. The second-order valence-corrected chi connectivity index (χ2v) is 5.19. The van der Waals surface area contributed by atoms with Gasteiger partial charge in [0.05, 0.1) is 11.2 Å². The molecule has 0 radical (unpaired) electrons. The number of carbonyl (C=O) groups is 1. The van der Waals surface area contributed by atoms with Gasteiger partial charge in [-0.15, -0.1) is 11.3 Å². The molecule has 0 aliphatic rings. The van der Waals surface area contributed by atoms with E-state index in [1.807, 2.05) is 11.4 Å². The van der Waals surface area contributed by atoms with Crippen LogP contribution in [0.5, 0.6) is 0 Å². The highest BCUT2D eigenvalue weighted by atomic mass is 32.2. The molecular formula is C10H6N4OS2. The number of hydrogen-bond donors (Lipinski definition) is 1. The van der Waals surface area contributed by atoms with Gasteiger partial charge in [0, 0.05) is 10.3 Å². The van der Waals surface area contributed by atoms with Gasteiger partial charge in [0.15, 0.2) is 11.9 Å². The first-order valence-corrected chi connectivity index (χ1v) is 6.42. The lowest BCUT2D eigenvalue weighted by atomic mass is 10.5. The number of nitrogens with one attached hydrogen (secondary N) is 1. The smallest absolute Gasteiger partial charge is 0.181 e. The fourth-order valence-corrected chi connectivity index (χ4v) is 3.13. The molecular weight excluding hydrogens is 256 g/mol. The highest BCUT2D eigenvalue weighted by Gasteiger charge is 2.08. The van der Waals surface area contributed by atoms with E-state index in [0.717, 1.165) is 21.7 Å². The summed E-state index contributed by atoms with van der Waals surface area (Å²) in [4.78, 5) is 27.6. The predicted molar refractivity (Wildman–Crippen MR) is 65.5 cm³/mol. The van der Waals surface area contributed by atoms with Crippen molar-refractivity contribution < 1.29 is 4.79 Å². The Hall–Kier alpha value is -1.73. The summed E-state index contributed by atoms with van der Waals surface area (Å²) in [7, 11) is 0. The van der Waals surface area contributed by atoms with E-state index in [2.05, 4.69) is 19.9 Å². The molecule has 1 N–H and O–H groups in total. The molecule has 0 bridgehead atoms. The molecule has 3 aromatic rings. The van der Waals surface area contributed by atoms with Crippen LogP contribution in [0, 0.1) is 0 Å². The first-order valence-electron chi connectivity index (χ1n) is 4.72. The monoisotopic (exact) mass is 262 g/mol. The van der Waals surface area contributed by atoms with E-state index in [4.69, 9.17) is 0 Å². The van der Waals surface area contributed by atoms with Gasteiger partial charge in [0.1, 0.15) is 16.9 Å². The number of carbonyl (C=O) groups excluding carboxylic acids is 1. The summed E-state index contributed by atoms with van der Waals surface area (Å²) in [6.07, 6.45) is 3.92. The molecule has 7 heteroatoms. The third kappa shape index (κ3) is 1.94. The van der Waals surface area contributed by atoms with Crippen molar-refractivity contribution in [3.8, 4) is 0 Å². The zero-order valence-electron chi connectivity index (χ0n) is 8.45. The van der Waals surface area contributed by atoms with Gasteiger partial charge in [0.2, 0.25) is 0 Å². The minimum atomic E-state index is 0.647. The van der Waals surface area contributed by atoms with Crippen molar-refractivity contribution >= 4 is 40.5 Å². The summed E-state index contributed by atoms with van der Waals surface area (Å²) in [6.45, 7) is 0. The van der Waals surface area contributed by atoms with Crippen LogP contribution in [-0.2, 0) is 0 Å². The van der Waals surface area contributed by atoms with E-state index in [0.29, 0.717) is 10.5 Å². The number of hydrogen-bond acceptors (Lipinski definition) is 6. The van der Waals surface area contributed by atoms with Crippen LogP contribution in [0.1, 0.15) is 9.67 Å². The highest BCUT2D eigenvalue weighted by Crippen LogP contribution is 2.32. The number of aromatic nitrogens is 4. The molecule has 3 aromatic heterocycles. The molecule has 0 aliphatic heterocycles. The Morgan fingerprint density at radius 2 is 2.29 bits per heavy atom. The average Bonchev–Trinajstić information content (AvgIpc) is 2.97. The van der Waals surface area contributed by atoms with Gasteiger partial charge >= 0.3 is 0 Å². The number of nitrogens with zero attached hydrogens (tertiary/aromatic N) is 3. The van der Waals surface area contributed by atoms with E-state index in [1.54, 1.807) is 6.33 Å². The normalized spacial score (nSPS) is 10.8. The second-order valence-electron chi connectivity index (χ2n) is 3.18. The quantitative estimate of drug-likeness (QED) is 0.579. The molecule has 0 fully saturated rings. The van der Waals surface area contributed by atoms with Gasteiger partial charge in [-0.25, -0.2) is 15.0 Å². The van der Waals surface area contributed by atoms with Gasteiger partial charge in [-0.3, -0.25) is 4.79 Å².